The summed E-state index contributed by atoms with van der Waals surface area (Å²) in [5.41, 5.74) is 13.7. The van der Waals surface area contributed by atoms with Gasteiger partial charge in [0.2, 0.25) is 0 Å². The van der Waals surface area contributed by atoms with E-state index in [9.17, 15) is 0 Å². The topological polar surface area (TPSA) is 0 Å². The molecule has 0 nitrogen and oxygen atoms in total. The van der Waals surface area contributed by atoms with Gasteiger partial charge in [-0.1, -0.05) is 80.7 Å². The second kappa shape index (κ2) is 9.29. The minimum atomic E-state index is 0.655. The van der Waals surface area contributed by atoms with Crippen molar-refractivity contribution in [3.05, 3.63) is 80.9 Å². The Morgan fingerprint density at radius 1 is 0.459 bits per heavy atom. The molecule has 192 valence electrons. The summed E-state index contributed by atoms with van der Waals surface area (Å²) < 4.78 is 0. The van der Waals surface area contributed by atoms with Crippen LogP contribution in [0.25, 0.3) is 12.2 Å². The van der Waals surface area contributed by atoms with Gasteiger partial charge in [-0.25, -0.2) is 0 Å². The Hall–Kier alpha value is -2.08. The maximum Gasteiger partial charge on any atom is 0.00301 e. The highest BCUT2D eigenvalue weighted by molar-refractivity contribution is 5.70. The van der Waals surface area contributed by atoms with Gasteiger partial charge in [0.25, 0.3) is 0 Å². The molecule has 0 aromatic heterocycles. The molecule has 4 fully saturated rings. The van der Waals surface area contributed by atoms with E-state index in [-0.39, 0.29) is 0 Å². The van der Waals surface area contributed by atoms with Gasteiger partial charge < -0.3 is 0 Å². The summed E-state index contributed by atoms with van der Waals surface area (Å²) in [6.45, 7) is 0. The van der Waals surface area contributed by atoms with Crippen molar-refractivity contribution in [2.24, 2.45) is 0 Å². The number of hydrogen-bond acceptors (Lipinski definition) is 0. The number of rotatable bonds is 8. The van der Waals surface area contributed by atoms with Gasteiger partial charge in [0.05, 0.1) is 0 Å². The molecule has 2 unspecified atom stereocenters. The average Bonchev–Trinajstić information content (AvgIpc) is 3.38. The lowest BCUT2D eigenvalue weighted by Crippen LogP contribution is -2.16. The SMILES string of the molecule is C1=CC(CCCC2C=Cc3c(C4CCC4)ccc(C4CCC4)c32)c2c(C3CCC3)ccc(C3CCC3)c21. The molecular weight excluding hydrogens is 444 g/mol. The van der Waals surface area contributed by atoms with Crippen molar-refractivity contribution >= 4 is 12.2 Å². The summed E-state index contributed by atoms with van der Waals surface area (Å²) in [4.78, 5) is 0. The Morgan fingerprint density at radius 2 is 0.811 bits per heavy atom. The van der Waals surface area contributed by atoms with E-state index in [4.69, 9.17) is 0 Å². The zero-order chi connectivity index (χ0) is 24.3. The maximum absolute atomic E-state index is 2.60. The van der Waals surface area contributed by atoms with Crippen LogP contribution >= 0.6 is 0 Å². The van der Waals surface area contributed by atoms with Gasteiger partial charge in [-0.15, -0.1) is 0 Å². The highest BCUT2D eigenvalue weighted by atomic mass is 14.4. The molecule has 37 heavy (non-hydrogen) atoms. The molecule has 0 radical (unpaired) electrons. The van der Waals surface area contributed by atoms with Crippen molar-refractivity contribution in [1.29, 1.82) is 0 Å². The molecule has 0 amide bonds. The van der Waals surface area contributed by atoms with E-state index >= 15 is 0 Å². The normalized spacial score (nSPS) is 26.9. The van der Waals surface area contributed by atoms with Crippen molar-refractivity contribution in [1.82, 2.24) is 0 Å². The first-order valence-electron chi connectivity index (χ1n) is 16.0. The number of benzene rings is 2. The van der Waals surface area contributed by atoms with Crippen LogP contribution in [0.2, 0.25) is 0 Å². The fraction of sp³-hybridized carbons (Fsp3) is 0.568. The monoisotopic (exact) mass is 488 g/mol. The minimum Gasteiger partial charge on any atom is -0.0764 e. The quantitative estimate of drug-likeness (QED) is 0.346. The molecule has 0 heterocycles. The lowest BCUT2D eigenvalue weighted by Gasteiger charge is -2.33. The largest absolute Gasteiger partial charge is 0.0764 e. The summed E-state index contributed by atoms with van der Waals surface area (Å²) in [6, 6.07) is 10.2. The molecule has 4 saturated carbocycles. The maximum atomic E-state index is 2.60. The second-order valence-corrected chi connectivity index (χ2v) is 13.5. The first-order chi connectivity index (χ1) is 18.3. The smallest absolute Gasteiger partial charge is 0.00301 e. The summed E-state index contributed by atoms with van der Waals surface area (Å²) >= 11 is 0. The lowest BCUT2D eigenvalue weighted by atomic mass is 9.71. The van der Waals surface area contributed by atoms with Crippen LogP contribution < -0.4 is 0 Å². The highest BCUT2D eigenvalue weighted by Crippen LogP contribution is 2.51. The Balaban J connectivity index is 1.03. The van der Waals surface area contributed by atoms with Crippen LogP contribution in [0.3, 0.4) is 0 Å². The van der Waals surface area contributed by atoms with E-state index in [1.54, 1.807) is 44.5 Å². The Bertz CT molecular complexity index is 1140. The fourth-order valence-corrected chi connectivity index (χ4v) is 8.50. The predicted octanol–water partition coefficient (Wildman–Crippen LogP) is 10.8. The Labute approximate surface area is 224 Å². The molecule has 2 aromatic carbocycles. The standard InChI is InChI=1S/C37H44/c1-6-24(7-1)30-20-22-32(26-10-3-11-26)36-28(16-18-34(30)36)14-5-15-29-17-19-35-31(25-8-2-9-25)21-23-33(37(29)35)27-12-4-13-27/h16-29H,1-15H2. The first-order valence-corrected chi connectivity index (χ1v) is 16.0. The average molecular weight is 489 g/mol. The highest BCUT2D eigenvalue weighted by Gasteiger charge is 2.34. The van der Waals surface area contributed by atoms with Gasteiger partial charge in [0, 0.05) is 11.8 Å². The molecule has 0 N–H and O–H groups in total. The van der Waals surface area contributed by atoms with E-state index in [1.165, 1.54) is 96.3 Å². The van der Waals surface area contributed by atoms with Gasteiger partial charge in [-0.05, 0) is 132 Å². The van der Waals surface area contributed by atoms with Gasteiger partial charge in [0.1, 0.15) is 0 Å². The third-order valence-corrected chi connectivity index (χ3v) is 11.7. The van der Waals surface area contributed by atoms with Crippen LogP contribution in [-0.4, -0.2) is 0 Å². The van der Waals surface area contributed by atoms with Crippen LogP contribution in [0.4, 0.5) is 0 Å². The molecular formula is C37H44. The third kappa shape index (κ3) is 3.76. The zero-order valence-electron chi connectivity index (χ0n) is 22.7. The van der Waals surface area contributed by atoms with Crippen LogP contribution in [-0.2, 0) is 0 Å². The van der Waals surface area contributed by atoms with Crippen molar-refractivity contribution in [3.63, 3.8) is 0 Å². The molecule has 8 rings (SSSR count). The van der Waals surface area contributed by atoms with Crippen LogP contribution in [0.15, 0.2) is 36.4 Å². The molecule has 6 aliphatic carbocycles. The number of allylic oxidation sites excluding steroid dienone is 2. The molecule has 2 aromatic rings. The van der Waals surface area contributed by atoms with Gasteiger partial charge in [0.15, 0.2) is 0 Å². The fourth-order valence-electron chi connectivity index (χ4n) is 8.50. The van der Waals surface area contributed by atoms with Crippen LogP contribution in [0.5, 0.6) is 0 Å². The summed E-state index contributed by atoms with van der Waals surface area (Å²) in [7, 11) is 0. The first kappa shape index (κ1) is 22.9. The van der Waals surface area contributed by atoms with E-state index in [0.29, 0.717) is 11.8 Å². The van der Waals surface area contributed by atoms with E-state index < -0.39 is 0 Å². The van der Waals surface area contributed by atoms with Gasteiger partial charge in [-0.3, -0.25) is 0 Å². The minimum absolute atomic E-state index is 0.655. The van der Waals surface area contributed by atoms with E-state index in [1.807, 2.05) is 0 Å². The second-order valence-electron chi connectivity index (χ2n) is 13.5. The molecule has 2 atom stereocenters. The number of fused-ring (bicyclic) bond motifs is 2. The van der Waals surface area contributed by atoms with Crippen molar-refractivity contribution in [3.8, 4) is 0 Å². The van der Waals surface area contributed by atoms with Crippen LogP contribution in [0.1, 0.15) is 176 Å². The van der Waals surface area contributed by atoms with Crippen molar-refractivity contribution < 1.29 is 0 Å². The summed E-state index contributed by atoms with van der Waals surface area (Å²) in [6.07, 6.45) is 31.3. The molecule has 0 heteroatoms. The van der Waals surface area contributed by atoms with Crippen molar-refractivity contribution in [2.75, 3.05) is 0 Å². The Morgan fingerprint density at radius 3 is 1.16 bits per heavy atom. The van der Waals surface area contributed by atoms with E-state index in [2.05, 4.69) is 48.6 Å². The van der Waals surface area contributed by atoms with Gasteiger partial charge in [-0.2, -0.15) is 0 Å². The lowest BCUT2D eigenvalue weighted by molar-refractivity contribution is 0.409. The predicted molar refractivity (Wildman–Crippen MR) is 157 cm³/mol. The molecule has 0 spiro atoms. The molecule has 0 saturated heterocycles. The van der Waals surface area contributed by atoms with Crippen molar-refractivity contribution in [2.45, 2.75) is 132 Å². The Kier molecular flexibility index (Phi) is 5.74. The van der Waals surface area contributed by atoms with E-state index in [0.717, 1.165) is 23.7 Å². The number of hydrogen-bond donors (Lipinski definition) is 0. The molecule has 6 aliphatic rings. The molecule has 0 bridgehead atoms. The van der Waals surface area contributed by atoms with Crippen LogP contribution in [0, 0.1) is 0 Å². The summed E-state index contributed by atoms with van der Waals surface area (Å²) in [5, 5.41) is 0. The van der Waals surface area contributed by atoms with Gasteiger partial charge >= 0.3 is 0 Å². The summed E-state index contributed by atoms with van der Waals surface area (Å²) in [5.74, 6) is 4.66. The zero-order valence-corrected chi connectivity index (χ0v) is 22.7. The molecule has 0 aliphatic heterocycles. The third-order valence-electron chi connectivity index (χ3n) is 11.7.